The zero-order valence-electron chi connectivity index (χ0n) is 27.0. The number of aromatic hydroxyl groups is 1. The van der Waals surface area contributed by atoms with Gasteiger partial charge >= 0.3 is 5.97 Å². The number of nitrogens with one attached hydrogen (secondary N) is 4. The summed E-state index contributed by atoms with van der Waals surface area (Å²) in [4.78, 5) is 73.9. The lowest BCUT2D eigenvalue weighted by Gasteiger charge is -2.18. The fourth-order valence-electron chi connectivity index (χ4n) is 5.14. The molecule has 3 atom stereocenters. The first-order valence-electron chi connectivity index (χ1n) is 15.6. The first kappa shape index (κ1) is 37.5. The molecule has 2 aromatic carbocycles. The molecule has 4 rings (SSSR count). The van der Waals surface area contributed by atoms with Gasteiger partial charge < -0.3 is 51.8 Å². The Kier molecular flexibility index (Phi) is 12.4. The predicted molar refractivity (Wildman–Crippen MR) is 182 cm³/mol. The highest BCUT2D eigenvalue weighted by molar-refractivity contribution is 6.09. The van der Waals surface area contributed by atoms with Crippen LogP contribution in [0.5, 0.6) is 5.75 Å². The number of aromatic carboxylic acids is 1. The van der Waals surface area contributed by atoms with Gasteiger partial charge in [0.2, 0.25) is 5.91 Å². The molecule has 16 nitrogen and oxygen atoms in total. The SMILES string of the molecule is C#CCNC(=O)C(N)CCCCNC(=O)C(O)C(O)C(=O)NCNC(=O)c1ccc(C(=O)O)c(-c2c3ccc(=O)cc-3oc3cc(O)ccc23)c1. The average molecular weight is 702 g/mol. The number of hydrogen-bond donors (Lipinski definition) is 9. The summed E-state index contributed by atoms with van der Waals surface area (Å²) in [5.74, 6) is -2.45. The molecule has 2 aromatic rings. The first-order chi connectivity index (χ1) is 24.3. The molecule has 2 aliphatic rings. The maximum absolute atomic E-state index is 13.1. The third kappa shape index (κ3) is 9.25. The molecule has 0 radical (unpaired) electrons. The van der Waals surface area contributed by atoms with E-state index in [1.165, 1.54) is 54.6 Å². The number of carbonyl (C=O) groups excluding carboxylic acids is 4. The summed E-state index contributed by atoms with van der Waals surface area (Å²) in [5.41, 5.74) is 6.08. The van der Waals surface area contributed by atoms with Crippen LogP contribution in [0.4, 0.5) is 0 Å². The van der Waals surface area contributed by atoms with Crippen LogP contribution in [0.25, 0.3) is 33.4 Å². The molecule has 4 amide bonds. The lowest BCUT2D eigenvalue weighted by Crippen LogP contribution is -2.51. The fourth-order valence-corrected chi connectivity index (χ4v) is 5.14. The highest BCUT2D eigenvalue weighted by atomic mass is 16.4. The third-order valence-corrected chi connectivity index (χ3v) is 7.75. The van der Waals surface area contributed by atoms with Crippen LogP contribution >= 0.6 is 0 Å². The summed E-state index contributed by atoms with van der Waals surface area (Å²) in [6.45, 7) is -0.434. The lowest BCUT2D eigenvalue weighted by atomic mass is 9.89. The van der Waals surface area contributed by atoms with Crippen LogP contribution in [0.15, 0.2) is 63.8 Å². The Labute approximate surface area is 290 Å². The minimum atomic E-state index is -2.18. The highest BCUT2D eigenvalue weighted by Crippen LogP contribution is 2.42. The van der Waals surface area contributed by atoms with E-state index in [0.717, 1.165) is 0 Å². The number of terminal acetylenes is 1. The molecular weight excluding hydrogens is 666 g/mol. The smallest absolute Gasteiger partial charge is 0.336 e. The van der Waals surface area contributed by atoms with E-state index >= 15 is 0 Å². The van der Waals surface area contributed by atoms with Crippen molar-refractivity contribution < 1.29 is 48.8 Å². The maximum Gasteiger partial charge on any atom is 0.336 e. The Morgan fingerprint density at radius 1 is 0.843 bits per heavy atom. The number of hydrogen-bond acceptors (Lipinski definition) is 11. The molecule has 266 valence electrons. The number of amides is 4. The van der Waals surface area contributed by atoms with Gasteiger partial charge in [0.05, 0.1) is 24.8 Å². The van der Waals surface area contributed by atoms with Gasteiger partial charge in [-0.05, 0) is 67.3 Å². The van der Waals surface area contributed by atoms with E-state index < -0.39 is 54.5 Å². The molecule has 16 heteroatoms. The van der Waals surface area contributed by atoms with Crippen molar-refractivity contribution in [1.29, 1.82) is 0 Å². The summed E-state index contributed by atoms with van der Waals surface area (Å²) in [6, 6.07) is 11.1. The molecule has 3 unspecified atom stereocenters. The fraction of sp³-hybridized carbons (Fsp3) is 0.257. The van der Waals surface area contributed by atoms with Crippen molar-refractivity contribution in [2.75, 3.05) is 19.8 Å². The molecule has 0 spiro atoms. The van der Waals surface area contributed by atoms with Crippen molar-refractivity contribution in [2.24, 2.45) is 5.73 Å². The number of unbranched alkanes of at least 4 members (excludes halogenated alkanes) is 1. The summed E-state index contributed by atoms with van der Waals surface area (Å²) < 4.78 is 5.82. The van der Waals surface area contributed by atoms with Gasteiger partial charge in [-0.3, -0.25) is 24.0 Å². The quantitative estimate of drug-likeness (QED) is 0.0339. The number of carboxylic acid groups (broad SMARTS) is 1. The van der Waals surface area contributed by atoms with Crippen LogP contribution < -0.4 is 32.4 Å². The molecular formula is C35H35N5O11. The number of carbonyl (C=O) groups is 5. The Hall–Kier alpha value is -6.28. The molecule has 0 aromatic heterocycles. The zero-order valence-corrected chi connectivity index (χ0v) is 27.0. The number of aliphatic hydroxyl groups is 2. The van der Waals surface area contributed by atoms with Crippen LogP contribution in [-0.2, 0) is 14.4 Å². The monoisotopic (exact) mass is 701 g/mol. The van der Waals surface area contributed by atoms with Gasteiger partial charge in [0.1, 0.15) is 17.1 Å². The summed E-state index contributed by atoms with van der Waals surface area (Å²) >= 11 is 0. The van der Waals surface area contributed by atoms with Crippen molar-refractivity contribution in [2.45, 2.75) is 37.5 Å². The average Bonchev–Trinajstić information content (AvgIpc) is 3.11. The Balaban J connectivity index is 1.38. The van der Waals surface area contributed by atoms with Gasteiger partial charge in [-0.25, -0.2) is 4.79 Å². The Morgan fingerprint density at radius 3 is 2.27 bits per heavy atom. The molecule has 10 N–H and O–H groups in total. The normalized spacial score (nSPS) is 12.7. The Morgan fingerprint density at radius 2 is 1.57 bits per heavy atom. The molecule has 51 heavy (non-hydrogen) atoms. The van der Waals surface area contributed by atoms with Crippen LogP contribution in [0.2, 0.25) is 0 Å². The second-order valence-corrected chi connectivity index (χ2v) is 11.3. The number of phenolic OH excluding ortho intramolecular Hbond substituents is 1. The van der Waals surface area contributed by atoms with Gasteiger partial charge in [-0.2, -0.15) is 0 Å². The third-order valence-electron chi connectivity index (χ3n) is 7.75. The second-order valence-electron chi connectivity index (χ2n) is 11.3. The lowest BCUT2D eigenvalue weighted by molar-refractivity contribution is -0.146. The van der Waals surface area contributed by atoms with E-state index in [2.05, 4.69) is 27.2 Å². The number of fused-ring (bicyclic) bond motifs is 2. The summed E-state index contributed by atoms with van der Waals surface area (Å²) in [6.07, 6.45) is 1.90. The minimum Gasteiger partial charge on any atom is -0.508 e. The largest absolute Gasteiger partial charge is 0.508 e. The predicted octanol–water partition coefficient (Wildman–Crippen LogP) is -0.143. The van der Waals surface area contributed by atoms with Gasteiger partial charge in [-0.15, -0.1) is 6.42 Å². The second kappa shape index (κ2) is 16.9. The number of benzene rings is 3. The summed E-state index contributed by atoms with van der Waals surface area (Å²) in [7, 11) is 0. The number of nitrogens with two attached hydrogens (primary N) is 1. The number of rotatable bonds is 15. The standard InChI is InChI=1S/C35H35N5O11/c1-2-12-37-32(46)25(36)5-3-4-13-38-33(47)29(43)30(44)34(48)40-17-39-31(45)18-6-9-21(35(49)50)24(14-18)28-22-10-7-19(41)15-26(22)51-27-16-20(42)8-11-23(27)28/h1,6-11,14-16,25,29-30,41,43-44H,3-5,12-13,17,36H2,(H,37,46)(H,38,47)(H,39,45)(H,40,48)(H,49,50). The van der Waals surface area contributed by atoms with Gasteiger partial charge in [0.15, 0.2) is 17.6 Å². The van der Waals surface area contributed by atoms with E-state index in [1.807, 2.05) is 0 Å². The minimum absolute atomic E-state index is 0.0281. The van der Waals surface area contributed by atoms with Gasteiger partial charge in [-0.1, -0.05) is 5.92 Å². The van der Waals surface area contributed by atoms with Crippen molar-refractivity contribution in [3.63, 3.8) is 0 Å². The number of phenols is 1. The van der Waals surface area contributed by atoms with E-state index in [4.69, 9.17) is 16.6 Å². The van der Waals surface area contributed by atoms with E-state index in [0.29, 0.717) is 35.8 Å². The van der Waals surface area contributed by atoms with Gasteiger partial charge in [0.25, 0.3) is 17.7 Å². The topological polar surface area (TPSA) is 271 Å². The molecule has 0 bridgehead atoms. The maximum atomic E-state index is 13.1. The van der Waals surface area contributed by atoms with E-state index in [9.17, 15) is 49.2 Å². The number of aliphatic hydroxyl groups excluding tert-OH is 2. The molecule has 0 saturated carbocycles. The molecule has 1 heterocycles. The zero-order chi connectivity index (χ0) is 37.2. The van der Waals surface area contributed by atoms with Crippen molar-refractivity contribution >= 4 is 40.6 Å². The molecule has 0 saturated heterocycles. The van der Waals surface area contributed by atoms with Gasteiger partial charge in [0, 0.05) is 40.8 Å². The van der Waals surface area contributed by atoms with Crippen molar-refractivity contribution in [3.8, 4) is 40.5 Å². The molecule has 1 aliphatic heterocycles. The first-order valence-corrected chi connectivity index (χ1v) is 15.6. The Bertz CT molecular complexity index is 2040. The van der Waals surface area contributed by atoms with Crippen LogP contribution in [0.3, 0.4) is 0 Å². The van der Waals surface area contributed by atoms with Crippen LogP contribution in [0.1, 0.15) is 40.0 Å². The highest BCUT2D eigenvalue weighted by Gasteiger charge is 2.30. The molecule has 1 aliphatic carbocycles. The van der Waals surface area contributed by atoms with Crippen molar-refractivity contribution in [3.05, 3.63) is 75.9 Å². The van der Waals surface area contributed by atoms with Crippen LogP contribution in [-0.4, -0.2) is 88.0 Å². The summed E-state index contributed by atoms with van der Waals surface area (Å²) in [5, 5.41) is 50.2. The van der Waals surface area contributed by atoms with Crippen LogP contribution in [0, 0.1) is 12.3 Å². The number of carboxylic acids is 1. The van der Waals surface area contributed by atoms with E-state index in [-0.39, 0.29) is 52.3 Å². The van der Waals surface area contributed by atoms with Crippen molar-refractivity contribution in [1.82, 2.24) is 21.3 Å². The molecule has 0 fully saturated rings. The van der Waals surface area contributed by atoms with E-state index in [1.54, 1.807) is 0 Å².